The fraction of sp³-hybridized carbons (Fsp3) is 0.182. The number of hydrogen-bond acceptors (Lipinski definition) is 3. The molecular weight excluding hydrogens is 224 g/mol. The van der Waals surface area contributed by atoms with Crippen LogP contribution in [0.1, 0.15) is 11.5 Å². The Balaban J connectivity index is 3.22. The minimum atomic E-state index is -1.66. The van der Waals surface area contributed by atoms with Crippen molar-refractivity contribution in [2.24, 2.45) is 17.4 Å². The molecule has 5 N–H and O–H groups in total. The molecule has 0 heterocycles. The summed E-state index contributed by atoms with van der Waals surface area (Å²) in [6, 6.07) is 7.97. The van der Waals surface area contributed by atoms with E-state index in [9.17, 15) is 14.4 Å². The van der Waals surface area contributed by atoms with Crippen molar-refractivity contribution in [3.05, 3.63) is 35.9 Å². The second-order valence-corrected chi connectivity index (χ2v) is 3.51. The van der Waals surface area contributed by atoms with Gasteiger partial charge < -0.3 is 16.6 Å². The molecule has 0 aliphatic heterocycles. The van der Waals surface area contributed by atoms with Crippen molar-refractivity contribution in [1.82, 2.24) is 0 Å². The Hall–Kier alpha value is -2.37. The highest BCUT2D eigenvalue weighted by Crippen LogP contribution is 2.24. The molecule has 0 fully saturated rings. The first-order valence-electron chi connectivity index (χ1n) is 4.81. The third-order valence-corrected chi connectivity index (χ3v) is 2.37. The van der Waals surface area contributed by atoms with E-state index in [0.717, 1.165) is 0 Å². The number of benzene rings is 1. The van der Waals surface area contributed by atoms with Crippen molar-refractivity contribution in [3.8, 4) is 0 Å². The van der Waals surface area contributed by atoms with E-state index in [2.05, 4.69) is 0 Å². The summed E-state index contributed by atoms with van der Waals surface area (Å²) in [5, 5.41) is 8.92. The fourth-order valence-corrected chi connectivity index (χ4v) is 1.61. The van der Waals surface area contributed by atoms with Crippen LogP contribution in [0.25, 0.3) is 0 Å². The van der Waals surface area contributed by atoms with Gasteiger partial charge in [-0.3, -0.25) is 14.4 Å². The molecule has 0 aliphatic carbocycles. The van der Waals surface area contributed by atoms with Gasteiger partial charge >= 0.3 is 5.97 Å². The quantitative estimate of drug-likeness (QED) is 0.593. The van der Waals surface area contributed by atoms with Crippen LogP contribution in [-0.2, 0) is 14.4 Å². The Labute approximate surface area is 97.2 Å². The molecule has 0 saturated heterocycles. The summed E-state index contributed by atoms with van der Waals surface area (Å²) in [5.41, 5.74) is 10.5. The van der Waals surface area contributed by atoms with E-state index in [4.69, 9.17) is 16.6 Å². The highest BCUT2D eigenvalue weighted by atomic mass is 16.4. The van der Waals surface area contributed by atoms with Crippen LogP contribution in [0, 0.1) is 5.92 Å². The number of carboxylic acids is 1. The normalized spacial score (nSPS) is 13.6. The summed E-state index contributed by atoms with van der Waals surface area (Å²) in [7, 11) is 0. The standard InChI is InChI=1S/C11H12N2O4/c12-9(14)7(6-4-2-1-3-5-6)8(10(13)15)11(16)17/h1-5,7-8H,(H2,12,14)(H2,13,15)(H,16,17). The monoisotopic (exact) mass is 236 g/mol. The molecule has 1 aromatic carbocycles. The molecule has 17 heavy (non-hydrogen) atoms. The van der Waals surface area contributed by atoms with Gasteiger partial charge in [0.05, 0.1) is 5.92 Å². The Morgan fingerprint density at radius 1 is 1.00 bits per heavy atom. The minimum Gasteiger partial charge on any atom is -0.481 e. The van der Waals surface area contributed by atoms with Gasteiger partial charge in [-0.2, -0.15) is 0 Å². The molecule has 6 nitrogen and oxygen atoms in total. The number of hydrogen-bond donors (Lipinski definition) is 3. The molecule has 0 bridgehead atoms. The molecule has 90 valence electrons. The number of carbonyl (C=O) groups is 3. The first-order chi connectivity index (χ1) is 7.95. The molecule has 0 saturated carbocycles. The Morgan fingerprint density at radius 3 is 1.88 bits per heavy atom. The summed E-state index contributed by atoms with van der Waals surface area (Å²) >= 11 is 0. The second kappa shape index (κ2) is 5.11. The zero-order valence-electron chi connectivity index (χ0n) is 8.87. The topological polar surface area (TPSA) is 123 Å². The third-order valence-electron chi connectivity index (χ3n) is 2.37. The van der Waals surface area contributed by atoms with Crippen LogP contribution < -0.4 is 11.5 Å². The summed E-state index contributed by atoms with van der Waals surface area (Å²) in [5.74, 6) is -6.38. The predicted octanol–water partition coefficient (Wildman–Crippen LogP) is -0.558. The lowest BCUT2D eigenvalue weighted by atomic mass is 9.85. The summed E-state index contributed by atoms with van der Waals surface area (Å²) in [6.45, 7) is 0. The number of primary amides is 2. The molecule has 2 unspecified atom stereocenters. The van der Waals surface area contributed by atoms with E-state index in [1.807, 2.05) is 0 Å². The zero-order chi connectivity index (χ0) is 13.0. The summed E-state index contributed by atoms with van der Waals surface area (Å²) in [4.78, 5) is 33.3. The summed E-state index contributed by atoms with van der Waals surface area (Å²) < 4.78 is 0. The second-order valence-electron chi connectivity index (χ2n) is 3.51. The highest BCUT2D eigenvalue weighted by Gasteiger charge is 2.38. The number of rotatable bonds is 5. The van der Waals surface area contributed by atoms with Crippen LogP contribution in [0.3, 0.4) is 0 Å². The third kappa shape index (κ3) is 2.81. The van der Waals surface area contributed by atoms with Crippen molar-refractivity contribution in [2.45, 2.75) is 5.92 Å². The number of amides is 2. The average Bonchev–Trinajstić information content (AvgIpc) is 2.25. The maximum atomic E-state index is 11.3. The van der Waals surface area contributed by atoms with E-state index in [0.29, 0.717) is 5.56 Å². The average molecular weight is 236 g/mol. The smallest absolute Gasteiger partial charge is 0.317 e. The van der Waals surface area contributed by atoms with Crippen LogP contribution >= 0.6 is 0 Å². The first-order valence-corrected chi connectivity index (χ1v) is 4.81. The lowest BCUT2D eigenvalue weighted by Gasteiger charge is -2.18. The molecule has 2 amide bonds. The largest absolute Gasteiger partial charge is 0.481 e. The van der Waals surface area contributed by atoms with Gasteiger partial charge in [0.15, 0.2) is 5.92 Å². The molecule has 0 aliphatic rings. The lowest BCUT2D eigenvalue weighted by Crippen LogP contribution is -2.40. The fourth-order valence-electron chi connectivity index (χ4n) is 1.61. The van der Waals surface area contributed by atoms with Crippen molar-refractivity contribution in [3.63, 3.8) is 0 Å². The molecule has 1 aromatic rings. The Bertz CT molecular complexity index is 430. The molecular formula is C11H12N2O4. The minimum absolute atomic E-state index is 0.353. The van der Waals surface area contributed by atoms with Gasteiger partial charge in [0.25, 0.3) is 0 Å². The number of aliphatic carboxylic acids is 1. The highest BCUT2D eigenvalue weighted by molar-refractivity contribution is 6.02. The number of carboxylic acid groups (broad SMARTS) is 1. The van der Waals surface area contributed by atoms with Gasteiger partial charge in [-0.15, -0.1) is 0 Å². The van der Waals surface area contributed by atoms with E-state index in [1.54, 1.807) is 18.2 Å². The Morgan fingerprint density at radius 2 is 1.53 bits per heavy atom. The van der Waals surface area contributed by atoms with Crippen molar-refractivity contribution >= 4 is 17.8 Å². The predicted molar refractivity (Wildman–Crippen MR) is 58.7 cm³/mol. The van der Waals surface area contributed by atoms with Gasteiger partial charge in [-0.05, 0) is 5.56 Å². The zero-order valence-corrected chi connectivity index (χ0v) is 8.87. The van der Waals surface area contributed by atoms with Crippen LogP contribution in [0.5, 0.6) is 0 Å². The molecule has 2 atom stereocenters. The Kier molecular flexibility index (Phi) is 3.82. The van der Waals surface area contributed by atoms with Crippen LogP contribution in [0.2, 0.25) is 0 Å². The van der Waals surface area contributed by atoms with Crippen LogP contribution in [0.4, 0.5) is 0 Å². The SMILES string of the molecule is NC(=O)C(C(=O)O)C(C(N)=O)c1ccccc1. The molecule has 0 spiro atoms. The van der Waals surface area contributed by atoms with Crippen molar-refractivity contribution in [2.75, 3.05) is 0 Å². The van der Waals surface area contributed by atoms with Crippen LogP contribution in [-0.4, -0.2) is 22.9 Å². The van der Waals surface area contributed by atoms with Gasteiger partial charge in [0.2, 0.25) is 11.8 Å². The van der Waals surface area contributed by atoms with E-state index in [1.165, 1.54) is 12.1 Å². The maximum Gasteiger partial charge on any atom is 0.317 e. The van der Waals surface area contributed by atoms with Gasteiger partial charge in [0, 0.05) is 0 Å². The van der Waals surface area contributed by atoms with E-state index in [-0.39, 0.29) is 0 Å². The van der Waals surface area contributed by atoms with Gasteiger partial charge in [-0.25, -0.2) is 0 Å². The van der Waals surface area contributed by atoms with Gasteiger partial charge in [0.1, 0.15) is 0 Å². The molecule has 0 radical (unpaired) electrons. The van der Waals surface area contributed by atoms with Crippen LogP contribution in [0.15, 0.2) is 30.3 Å². The molecule has 0 aromatic heterocycles. The van der Waals surface area contributed by atoms with Gasteiger partial charge in [-0.1, -0.05) is 30.3 Å². The summed E-state index contributed by atoms with van der Waals surface area (Å²) in [6.07, 6.45) is 0. The maximum absolute atomic E-state index is 11.3. The first kappa shape index (κ1) is 12.7. The van der Waals surface area contributed by atoms with Crippen molar-refractivity contribution in [1.29, 1.82) is 0 Å². The van der Waals surface area contributed by atoms with Crippen molar-refractivity contribution < 1.29 is 19.5 Å². The lowest BCUT2D eigenvalue weighted by molar-refractivity contribution is -0.149. The number of nitrogens with two attached hydrogens (primary N) is 2. The van der Waals surface area contributed by atoms with E-state index >= 15 is 0 Å². The van der Waals surface area contributed by atoms with E-state index < -0.39 is 29.6 Å². The number of carbonyl (C=O) groups excluding carboxylic acids is 2. The molecule has 1 rings (SSSR count). The molecule has 6 heteroatoms.